The molecule has 7 nitrogen and oxygen atoms in total. The second kappa shape index (κ2) is 6.47. The maximum atomic E-state index is 11.9. The molecule has 0 saturated carbocycles. The van der Waals surface area contributed by atoms with E-state index >= 15 is 0 Å². The molecule has 1 aromatic heterocycles. The van der Waals surface area contributed by atoms with E-state index in [1.165, 1.54) is 18.9 Å². The number of aromatic nitrogens is 1. The molecule has 1 spiro atoms. The summed E-state index contributed by atoms with van der Waals surface area (Å²) in [6.45, 7) is 0.964. The van der Waals surface area contributed by atoms with Crippen LogP contribution in [0.25, 0.3) is 0 Å². The molecule has 6 rings (SSSR count). The van der Waals surface area contributed by atoms with Crippen LogP contribution in [0, 0.1) is 5.92 Å². The van der Waals surface area contributed by atoms with Gasteiger partial charge in [-0.05, 0) is 50.2 Å². The first-order chi connectivity index (χ1) is 15.0. The number of aromatic hydroxyl groups is 1. The SMILES string of the molecule is COC(=O)c1ccnc(O[C@H]2C=C[C@H]3[C@H]4Cc5ccc(O)c6c5[C@@]3(CCN4C)[C@H]2O6)c1. The molecule has 2 aliphatic carbocycles. The van der Waals surface area contributed by atoms with Gasteiger partial charge in [-0.3, -0.25) is 0 Å². The number of phenols is 1. The maximum absolute atomic E-state index is 11.9. The van der Waals surface area contributed by atoms with Crippen molar-refractivity contribution >= 4 is 5.97 Å². The van der Waals surface area contributed by atoms with Crippen molar-refractivity contribution < 1.29 is 24.1 Å². The van der Waals surface area contributed by atoms with Crippen LogP contribution in [0.2, 0.25) is 0 Å². The van der Waals surface area contributed by atoms with Crippen molar-refractivity contribution in [2.45, 2.75) is 36.5 Å². The molecule has 1 N–H and O–H groups in total. The average molecular weight is 420 g/mol. The molecular weight excluding hydrogens is 396 g/mol. The topological polar surface area (TPSA) is 81.1 Å². The van der Waals surface area contributed by atoms with Crippen molar-refractivity contribution in [2.75, 3.05) is 20.7 Å². The van der Waals surface area contributed by atoms with Gasteiger partial charge in [-0.25, -0.2) is 9.78 Å². The van der Waals surface area contributed by atoms with Gasteiger partial charge >= 0.3 is 5.97 Å². The first-order valence-electron chi connectivity index (χ1n) is 10.6. The van der Waals surface area contributed by atoms with Gasteiger partial charge in [-0.1, -0.05) is 12.1 Å². The molecule has 4 aliphatic rings. The largest absolute Gasteiger partial charge is 0.504 e. The summed E-state index contributed by atoms with van der Waals surface area (Å²) in [6.07, 6.45) is 7.06. The van der Waals surface area contributed by atoms with E-state index < -0.39 is 12.1 Å². The molecule has 1 saturated heterocycles. The number of nitrogens with zero attached hydrogens (tertiary/aromatic N) is 2. The van der Waals surface area contributed by atoms with Crippen molar-refractivity contribution in [1.29, 1.82) is 0 Å². The fraction of sp³-hybridized carbons (Fsp3) is 0.417. The third kappa shape index (κ3) is 2.44. The van der Waals surface area contributed by atoms with E-state index in [9.17, 15) is 9.90 Å². The Morgan fingerprint density at radius 3 is 3.03 bits per heavy atom. The number of pyridine rings is 1. The molecule has 0 unspecified atom stereocenters. The van der Waals surface area contributed by atoms with E-state index in [0.717, 1.165) is 24.9 Å². The number of rotatable bonds is 3. The highest BCUT2D eigenvalue weighted by atomic mass is 16.6. The lowest BCUT2D eigenvalue weighted by atomic mass is 9.53. The van der Waals surface area contributed by atoms with Crippen molar-refractivity contribution in [3.8, 4) is 17.4 Å². The third-order valence-corrected chi connectivity index (χ3v) is 7.54. The minimum Gasteiger partial charge on any atom is -0.504 e. The van der Waals surface area contributed by atoms with Crippen LogP contribution in [0.1, 0.15) is 27.9 Å². The summed E-state index contributed by atoms with van der Waals surface area (Å²) in [6, 6.07) is 7.36. The van der Waals surface area contributed by atoms with E-state index in [1.54, 1.807) is 18.2 Å². The summed E-state index contributed by atoms with van der Waals surface area (Å²) in [7, 11) is 3.53. The highest BCUT2D eigenvalue weighted by molar-refractivity contribution is 5.89. The van der Waals surface area contributed by atoms with Gasteiger partial charge in [-0.15, -0.1) is 0 Å². The number of benzene rings is 1. The minimum atomic E-state index is -0.436. The van der Waals surface area contributed by atoms with Gasteiger partial charge in [0.25, 0.3) is 0 Å². The van der Waals surface area contributed by atoms with Gasteiger partial charge in [-0.2, -0.15) is 0 Å². The molecular formula is C24H24N2O5. The van der Waals surface area contributed by atoms with Gasteiger partial charge in [0.1, 0.15) is 6.10 Å². The smallest absolute Gasteiger partial charge is 0.338 e. The fourth-order valence-electron chi connectivity index (χ4n) is 6.18. The second-order valence-corrected chi connectivity index (χ2v) is 8.90. The van der Waals surface area contributed by atoms with Crippen LogP contribution in [0.5, 0.6) is 17.4 Å². The number of esters is 1. The molecule has 1 aromatic carbocycles. The van der Waals surface area contributed by atoms with Gasteiger partial charge in [0.2, 0.25) is 5.88 Å². The predicted octanol–water partition coefficient (Wildman–Crippen LogP) is 2.47. The van der Waals surface area contributed by atoms with E-state index in [0.29, 0.717) is 29.2 Å². The second-order valence-electron chi connectivity index (χ2n) is 8.90. The van der Waals surface area contributed by atoms with E-state index in [-0.39, 0.29) is 17.3 Å². The van der Waals surface area contributed by atoms with Crippen LogP contribution in [0.3, 0.4) is 0 Å². The highest BCUT2D eigenvalue weighted by Crippen LogP contribution is 2.62. The molecule has 5 atom stereocenters. The lowest BCUT2D eigenvalue weighted by Gasteiger charge is -2.56. The first kappa shape index (κ1) is 18.7. The number of carbonyl (C=O) groups is 1. The number of ether oxygens (including phenoxy) is 3. The summed E-state index contributed by atoms with van der Waals surface area (Å²) in [4.78, 5) is 18.6. The molecule has 3 heterocycles. The number of hydrogen-bond acceptors (Lipinski definition) is 7. The molecule has 0 amide bonds. The molecule has 1 fully saturated rings. The van der Waals surface area contributed by atoms with E-state index in [4.69, 9.17) is 14.2 Å². The van der Waals surface area contributed by atoms with Gasteiger partial charge in [0, 0.05) is 35.2 Å². The number of carbonyl (C=O) groups excluding carboxylic acids is 1. The van der Waals surface area contributed by atoms with Crippen molar-refractivity contribution in [2.24, 2.45) is 5.92 Å². The van der Waals surface area contributed by atoms with Crippen molar-refractivity contribution in [3.63, 3.8) is 0 Å². The van der Waals surface area contributed by atoms with Crippen LogP contribution in [0.4, 0.5) is 0 Å². The Kier molecular flexibility index (Phi) is 3.90. The lowest BCUT2D eigenvalue weighted by Crippen LogP contribution is -2.65. The molecule has 160 valence electrons. The number of methoxy groups -OCH3 is 1. The monoisotopic (exact) mass is 420 g/mol. The van der Waals surface area contributed by atoms with Crippen LogP contribution in [0.15, 0.2) is 42.6 Å². The molecule has 2 aromatic rings. The van der Waals surface area contributed by atoms with Gasteiger partial charge in [0.15, 0.2) is 17.6 Å². The van der Waals surface area contributed by atoms with Crippen LogP contribution < -0.4 is 9.47 Å². The Balaban J connectivity index is 1.43. The lowest BCUT2D eigenvalue weighted by molar-refractivity contribution is -0.0391. The van der Waals surface area contributed by atoms with Gasteiger partial charge < -0.3 is 24.2 Å². The third-order valence-electron chi connectivity index (χ3n) is 7.54. The van der Waals surface area contributed by atoms with Gasteiger partial charge in [0.05, 0.1) is 12.7 Å². The number of likely N-dealkylation sites (N-methyl/N-ethyl adjacent to an activating group) is 1. The molecule has 7 heteroatoms. The van der Waals surface area contributed by atoms with Crippen LogP contribution in [-0.2, 0) is 16.6 Å². The number of hydrogen-bond donors (Lipinski definition) is 1. The van der Waals surface area contributed by atoms with Crippen molar-refractivity contribution in [3.05, 3.63) is 59.3 Å². The Bertz CT molecular complexity index is 1120. The Morgan fingerprint density at radius 2 is 2.19 bits per heavy atom. The standard InChI is InChI=1S/C24H24N2O5/c1-26-10-8-24-15-4-6-18(30-19-12-14(7-9-25-19)23(28)29-2)22(24)31-21-17(27)5-3-13(20(21)24)11-16(15)26/h3-7,9,12,15-16,18,22,27H,8,10-11H2,1-2H3/t15-,16+,18-,22-,24-/m0/s1. The molecule has 2 bridgehead atoms. The Hall–Kier alpha value is -3.06. The predicted molar refractivity (Wildman–Crippen MR) is 112 cm³/mol. The molecule has 31 heavy (non-hydrogen) atoms. The minimum absolute atomic E-state index is 0.184. The Morgan fingerprint density at radius 1 is 1.32 bits per heavy atom. The van der Waals surface area contributed by atoms with E-state index in [2.05, 4.69) is 29.1 Å². The normalized spacial score (nSPS) is 32.2. The van der Waals surface area contributed by atoms with Crippen molar-refractivity contribution in [1.82, 2.24) is 9.88 Å². The summed E-state index contributed by atoms with van der Waals surface area (Å²) < 4.78 is 17.5. The molecule has 0 radical (unpaired) electrons. The zero-order valence-electron chi connectivity index (χ0n) is 17.4. The Labute approximate surface area is 180 Å². The molecule has 2 aliphatic heterocycles. The number of likely N-dealkylation sites (tertiary alicyclic amines) is 1. The first-order valence-corrected chi connectivity index (χ1v) is 10.6. The maximum Gasteiger partial charge on any atom is 0.338 e. The number of piperidine rings is 1. The highest BCUT2D eigenvalue weighted by Gasteiger charge is 2.64. The quantitative estimate of drug-likeness (QED) is 0.603. The van der Waals surface area contributed by atoms with Crippen LogP contribution >= 0.6 is 0 Å². The van der Waals surface area contributed by atoms with E-state index in [1.807, 2.05) is 6.07 Å². The zero-order chi connectivity index (χ0) is 21.3. The fourth-order valence-corrected chi connectivity index (χ4v) is 6.18. The summed E-state index contributed by atoms with van der Waals surface area (Å²) in [5.41, 5.74) is 2.55. The number of phenolic OH excluding ortho intramolecular Hbond substituents is 1. The average Bonchev–Trinajstić information content (AvgIpc) is 3.14. The summed E-state index contributed by atoms with van der Waals surface area (Å²) in [5.74, 6) is 0.986. The zero-order valence-corrected chi connectivity index (χ0v) is 17.4. The summed E-state index contributed by atoms with van der Waals surface area (Å²) >= 11 is 0. The summed E-state index contributed by atoms with van der Waals surface area (Å²) in [5, 5.41) is 10.6. The van der Waals surface area contributed by atoms with Crippen LogP contribution in [-0.4, -0.2) is 59.9 Å².